The van der Waals surface area contributed by atoms with Gasteiger partial charge in [0.1, 0.15) is 18.1 Å². The summed E-state index contributed by atoms with van der Waals surface area (Å²) in [6.07, 6.45) is 2.47. The SMILES string of the molecule is CCN1CCC(N(C)Cc2ccc(CO)o2)CC1. The number of furan rings is 1. The van der Waals surface area contributed by atoms with Crippen LogP contribution in [0.2, 0.25) is 0 Å². The summed E-state index contributed by atoms with van der Waals surface area (Å²) in [5.74, 6) is 1.60. The molecule has 1 aliphatic rings. The summed E-state index contributed by atoms with van der Waals surface area (Å²) in [7, 11) is 2.16. The minimum atomic E-state index is -0.0153. The molecular formula is C14H24N2O2. The average molecular weight is 252 g/mol. The van der Waals surface area contributed by atoms with E-state index in [0.717, 1.165) is 18.8 Å². The first-order chi connectivity index (χ1) is 8.72. The van der Waals surface area contributed by atoms with Crippen LogP contribution in [0, 0.1) is 0 Å². The smallest absolute Gasteiger partial charge is 0.129 e. The summed E-state index contributed by atoms with van der Waals surface area (Å²) in [6.45, 7) is 6.60. The van der Waals surface area contributed by atoms with Crippen LogP contribution in [-0.2, 0) is 13.2 Å². The molecular weight excluding hydrogens is 228 g/mol. The Kier molecular flexibility index (Phi) is 4.80. The molecule has 0 bridgehead atoms. The Morgan fingerprint density at radius 1 is 1.33 bits per heavy atom. The van der Waals surface area contributed by atoms with Crippen molar-refractivity contribution in [2.75, 3.05) is 26.7 Å². The number of piperidine rings is 1. The number of aliphatic hydroxyl groups is 1. The fourth-order valence-corrected chi connectivity index (χ4v) is 2.64. The van der Waals surface area contributed by atoms with E-state index >= 15 is 0 Å². The molecule has 0 atom stereocenters. The van der Waals surface area contributed by atoms with E-state index in [2.05, 4.69) is 23.8 Å². The third-order valence-corrected chi connectivity index (χ3v) is 3.91. The van der Waals surface area contributed by atoms with Crippen molar-refractivity contribution in [2.24, 2.45) is 0 Å². The molecule has 0 aliphatic carbocycles. The number of aliphatic hydroxyl groups excluding tert-OH is 1. The van der Waals surface area contributed by atoms with Crippen LogP contribution in [0.1, 0.15) is 31.3 Å². The molecule has 2 rings (SSSR count). The monoisotopic (exact) mass is 252 g/mol. The van der Waals surface area contributed by atoms with Gasteiger partial charge >= 0.3 is 0 Å². The van der Waals surface area contributed by atoms with E-state index in [-0.39, 0.29) is 6.61 Å². The van der Waals surface area contributed by atoms with Gasteiger partial charge in [0.15, 0.2) is 0 Å². The van der Waals surface area contributed by atoms with Crippen molar-refractivity contribution < 1.29 is 9.52 Å². The van der Waals surface area contributed by atoms with Gasteiger partial charge in [0.25, 0.3) is 0 Å². The van der Waals surface area contributed by atoms with Gasteiger partial charge in [-0.1, -0.05) is 6.92 Å². The molecule has 0 saturated carbocycles. The highest BCUT2D eigenvalue weighted by molar-refractivity contribution is 5.06. The van der Waals surface area contributed by atoms with E-state index < -0.39 is 0 Å². The van der Waals surface area contributed by atoms with Crippen molar-refractivity contribution in [3.05, 3.63) is 23.7 Å². The Hall–Kier alpha value is -0.840. The zero-order valence-corrected chi connectivity index (χ0v) is 11.4. The Bertz CT molecular complexity index is 356. The second kappa shape index (κ2) is 6.36. The van der Waals surface area contributed by atoms with E-state index in [4.69, 9.17) is 9.52 Å². The van der Waals surface area contributed by atoms with Gasteiger partial charge in [-0.3, -0.25) is 4.90 Å². The number of hydrogen-bond acceptors (Lipinski definition) is 4. The number of likely N-dealkylation sites (tertiary alicyclic amines) is 1. The van der Waals surface area contributed by atoms with E-state index in [1.807, 2.05) is 12.1 Å². The molecule has 0 aromatic carbocycles. The van der Waals surface area contributed by atoms with Crippen LogP contribution in [-0.4, -0.2) is 47.6 Å². The van der Waals surface area contributed by atoms with Gasteiger partial charge in [-0.25, -0.2) is 0 Å². The number of rotatable bonds is 5. The van der Waals surface area contributed by atoms with Crippen molar-refractivity contribution in [1.82, 2.24) is 9.80 Å². The maximum Gasteiger partial charge on any atom is 0.129 e. The molecule has 1 aromatic rings. The van der Waals surface area contributed by atoms with Crippen molar-refractivity contribution in [3.63, 3.8) is 0 Å². The Morgan fingerprint density at radius 2 is 2.00 bits per heavy atom. The molecule has 1 fully saturated rings. The number of nitrogens with zero attached hydrogens (tertiary/aromatic N) is 2. The summed E-state index contributed by atoms with van der Waals surface area (Å²) in [5, 5.41) is 8.98. The highest BCUT2D eigenvalue weighted by Gasteiger charge is 2.22. The van der Waals surface area contributed by atoms with E-state index in [1.54, 1.807) is 0 Å². The maximum atomic E-state index is 8.98. The van der Waals surface area contributed by atoms with Crippen LogP contribution in [0.25, 0.3) is 0 Å². The molecule has 2 heterocycles. The molecule has 4 heteroatoms. The van der Waals surface area contributed by atoms with Gasteiger partial charge in [-0.05, 0) is 51.7 Å². The predicted octanol–water partition coefficient (Wildman–Crippen LogP) is 1.69. The molecule has 1 aliphatic heterocycles. The lowest BCUT2D eigenvalue weighted by Gasteiger charge is -2.35. The van der Waals surface area contributed by atoms with E-state index in [9.17, 15) is 0 Å². The normalized spacial score (nSPS) is 18.7. The molecule has 1 aromatic heterocycles. The Labute approximate surface area is 109 Å². The first-order valence-corrected chi connectivity index (χ1v) is 6.84. The lowest BCUT2D eigenvalue weighted by molar-refractivity contribution is 0.120. The van der Waals surface area contributed by atoms with Crippen molar-refractivity contribution in [3.8, 4) is 0 Å². The van der Waals surface area contributed by atoms with Crippen LogP contribution in [0.4, 0.5) is 0 Å². The van der Waals surface area contributed by atoms with Gasteiger partial charge in [-0.2, -0.15) is 0 Å². The quantitative estimate of drug-likeness (QED) is 0.865. The van der Waals surface area contributed by atoms with Gasteiger partial charge in [0.2, 0.25) is 0 Å². The largest absolute Gasteiger partial charge is 0.462 e. The van der Waals surface area contributed by atoms with Crippen LogP contribution in [0.3, 0.4) is 0 Å². The highest BCUT2D eigenvalue weighted by atomic mass is 16.4. The fraction of sp³-hybridized carbons (Fsp3) is 0.714. The Balaban J connectivity index is 1.82. The zero-order valence-electron chi connectivity index (χ0n) is 11.4. The van der Waals surface area contributed by atoms with Gasteiger partial charge in [0.05, 0.1) is 6.54 Å². The van der Waals surface area contributed by atoms with Crippen LogP contribution in [0.15, 0.2) is 16.5 Å². The molecule has 0 unspecified atom stereocenters. The lowest BCUT2D eigenvalue weighted by Crippen LogP contribution is -2.42. The van der Waals surface area contributed by atoms with Crippen molar-refractivity contribution >= 4 is 0 Å². The summed E-state index contributed by atoms with van der Waals surface area (Å²) >= 11 is 0. The minimum absolute atomic E-state index is 0.0153. The standard InChI is InChI=1S/C14H24N2O2/c1-3-16-8-6-12(7-9-16)15(2)10-13-4-5-14(11-17)18-13/h4-5,12,17H,3,6-11H2,1-2H3. The Morgan fingerprint density at radius 3 is 2.56 bits per heavy atom. The minimum Gasteiger partial charge on any atom is -0.462 e. The fourth-order valence-electron chi connectivity index (χ4n) is 2.64. The molecule has 1 N–H and O–H groups in total. The highest BCUT2D eigenvalue weighted by Crippen LogP contribution is 2.18. The van der Waals surface area contributed by atoms with E-state index in [0.29, 0.717) is 11.8 Å². The number of hydrogen-bond donors (Lipinski definition) is 1. The second-order valence-corrected chi connectivity index (χ2v) is 5.11. The molecule has 0 radical (unpaired) electrons. The lowest BCUT2D eigenvalue weighted by atomic mass is 10.0. The zero-order chi connectivity index (χ0) is 13.0. The first-order valence-electron chi connectivity index (χ1n) is 6.84. The maximum absolute atomic E-state index is 8.98. The summed E-state index contributed by atoms with van der Waals surface area (Å²) in [5.41, 5.74) is 0. The summed E-state index contributed by atoms with van der Waals surface area (Å²) in [6, 6.07) is 4.46. The predicted molar refractivity (Wildman–Crippen MR) is 71.2 cm³/mol. The molecule has 0 amide bonds. The topological polar surface area (TPSA) is 39.9 Å². The van der Waals surface area contributed by atoms with E-state index in [1.165, 1.54) is 25.9 Å². The third-order valence-electron chi connectivity index (χ3n) is 3.91. The van der Waals surface area contributed by atoms with Gasteiger partial charge in [-0.15, -0.1) is 0 Å². The average Bonchev–Trinajstić information content (AvgIpc) is 2.86. The van der Waals surface area contributed by atoms with Crippen molar-refractivity contribution in [1.29, 1.82) is 0 Å². The second-order valence-electron chi connectivity index (χ2n) is 5.11. The molecule has 102 valence electrons. The van der Waals surface area contributed by atoms with Crippen molar-refractivity contribution in [2.45, 2.75) is 39.0 Å². The molecule has 18 heavy (non-hydrogen) atoms. The van der Waals surface area contributed by atoms with Crippen LogP contribution in [0.5, 0.6) is 0 Å². The molecule has 4 nitrogen and oxygen atoms in total. The summed E-state index contributed by atoms with van der Waals surface area (Å²) < 4.78 is 5.53. The molecule has 0 spiro atoms. The van der Waals surface area contributed by atoms with Crippen LogP contribution >= 0.6 is 0 Å². The van der Waals surface area contributed by atoms with Gasteiger partial charge in [0, 0.05) is 6.04 Å². The third kappa shape index (κ3) is 3.34. The molecule has 1 saturated heterocycles. The summed E-state index contributed by atoms with van der Waals surface area (Å²) in [4.78, 5) is 4.87. The van der Waals surface area contributed by atoms with Gasteiger partial charge < -0.3 is 14.4 Å². The first kappa shape index (κ1) is 13.6. The van der Waals surface area contributed by atoms with Crippen LogP contribution < -0.4 is 0 Å².